The van der Waals surface area contributed by atoms with Crippen LogP contribution in [0.15, 0.2) is 77.3 Å². The smallest absolute Gasteiger partial charge is 0.257 e. The van der Waals surface area contributed by atoms with Crippen LogP contribution in [0, 0.1) is 5.41 Å². The summed E-state index contributed by atoms with van der Waals surface area (Å²) in [4.78, 5) is 24.9. The summed E-state index contributed by atoms with van der Waals surface area (Å²) in [6, 6.07) is 22.3. The van der Waals surface area contributed by atoms with Gasteiger partial charge in [0.05, 0.1) is 11.1 Å². The molecule has 0 aliphatic rings. The molecule has 0 unspecified atom stereocenters. The summed E-state index contributed by atoms with van der Waals surface area (Å²) in [5.41, 5.74) is 2.40. The molecule has 3 aromatic rings. The van der Waals surface area contributed by atoms with Crippen molar-refractivity contribution in [3.05, 3.63) is 88.4 Å². The van der Waals surface area contributed by atoms with E-state index in [1.165, 1.54) is 5.56 Å². The number of amides is 2. The van der Waals surface area contributed by atoms with E-state index in [9.17, 15) is 9.59 Å². The van der Waals surface area contributed by atoms with Crippen molar-refractivity contribution in [2.75, 3.05) is 17.2 Å². The Labute approximate surface area is 219 Å². The Hall–Kier alpha value is -3.23. The van der Waals surface area contributed by atoms with Gasteiger partial charge in [-0.3, -0.25) is 14.9 Å². The molecule has 35 heavy (non-hydrogen) atoms. The van der Waals surface area contributed by atoms with Crippen LogP contribution in [0.1, 0.15) is 36.7 Å². The van der Waals surface area contributed by atoms with Gasteiger partial charge in [-0.15, -0.1) is 0 Å². The lowest BCUT2D eigenvalue weighted by molar-refractivity contribution is -0.123. The Bertz CT molecular complexity index is 1210. The van der Waals surface area contributed by atoms with Crippen molar-refractivity contribution in [2.45, 2.75) is 27.2 Å². The maximum absolute atomic E-state index is 12.7. The lowest BCUT2D eigenvalue weighted by Gasteiger charge is -2.18. The molecule has 6 nitrogen and oxygen atoms in total. The quantitative estimate of drug-likeness (QED) is 0.304. The third-order valence-electron chi connectivity index (χ3n) is 4.97. The molecule has 0 aliphatic carbocycles. The van der Waals surface area contributed by atoms with Gasteiger partial charge in [-0.1, -0.05) is 57.2 Å². The summed E-state index contributed by atoms with van der Waals surface area (Å²) in [5.74, 6) is 0.215. The molecule has 3 N–H and O–H groups in total. The predicted molar refractivity (Wildman–Crippen MR) is 148 cm³/mol. The number of ether oxygens (including phenoxy) is 1. The summed E-state index contributed by atoms with van der Waals surface area (Å²) < 4.78 is 6.53. The van der Waals surface area contributed by atoms with Gasteiger partial charge in [-0.05, 0) is 70.1 Å². The van der Waals surface area contributed by atoms with Gasteiger partial charge in [0.1, 0.15) is 5.75 Å². The Kier molecular flexibility index (Phi) is 9.01. The Morgan fingerprint density at radius 2 is 1.60 bits per heavy atom. The van der Waals surface area contributed by atoms with Crippen LogP contribution in [0.4, 0.5) is 11.4 Å². The van der Waals surface area contributed by atoms with Crippen molar-refractivity contribution in [1.29, 1.82) is 0 Å². The Morgan fingerprint density at radius 3 is 2.26 bits per heavy atom. The van der Waals surface area contributed by atoms with E-state index in [2.05, 4.69) is 44.0 Å². The topological polar surface area (TPSA) is 79.5 Å². The standard InChI is InChI=1S/C27H28BrN3O3S/c1-27(2,3)25(33)29-20-10-7-11-21(17-20)30-26(35)31-24(32)19-12-13-23(22(28)16-19)34-15-14-18-8-5-4-6-9-18/h4-13,16-17H,14-15H2,1-3H3,(H,29,33)(H2,30,31,32,35). The van der Waals surface area contributed by atoms with E-state index < -0.39 is 5.41 Å². The number of hydrogen-bond donors (Lipinski definition) is 3. The molecule has 0 aromatic heterocycles. The third kappa shape index (κ3) is 8.19. The van der Waals surface area contributed by atoms with Gasteiger partial charge in [0.25, 0.3) is 5.91 Å². The SMILES string of the molecule is CC(C)(C)C(=O)Nc1cccc(NC(=S)NC(=O)c2ccc(OCCc3ccccc3)c(Br)c2)c1. The average Bonchev–Trinajstić information content (AvgIpc) is 2.80. The molecule has 182 valence electrons. The fraction of sp³-hybridized carbons (Fsp3) is 0.222. The molecule has 0 saturated carbocycles. The van der Waals surface area contributed by atoms with Crippen LogP contribution >= 0.6 is 28.1 Å². The van der Waals surface area contributed by atoms with Crippen LogP contribution < -0.4 is 20.7 Å². The van der Waals surface area contributed by atoms with E-state index in [1.54, 1.807) is 42.5 Å². The molecule has 0 heterocycles. The Morgan fingerprint density at radius 1 is 0.914 bits per heavy atom. The maximum atomic E-state index is 12.7. The van der Waals surface area contributed by atoms with E-state index in [1.807, 2.05) is 39.0 Å². The van der Waals surface area contributed by atoms with Gasteiger partial charge >= 0.3 is 0 Å². The van der Waals surface area contributed by atoms with Gasteiger partial charge in [0.15, 0.2) is 5.11 Å². The zero-order valence-electron chi connectivity index (χ0n) is 19.9. The number of carbonyl (C=O) groups excluding carboxylic acids is 2. The largest absolute Gasteiger partial charge is 0.492 e. The molecule has 8 heteroatoms. The third-order valence-corrected chi connectivity index (χ3v) is 5.80. The molecular weight excluding hydrogens is 526 g/mol. The first-order chi connectivity index (χ1) is 16.6. The minimum atomic E-state index is -0.510. The number of thiocarbonyl (C=S) groups is 1. The number of nitrogens with one attached hydrogen (secondary N) is 3. The van der Waals surface area contributed by atoms with Crippen LogP contribution in [0.25, 0.3) is 0 Å². The molecule has 0 bridgehead atoms. The summed E-state index contributed by atoms with van der Waals surface area (Å²) in [7, 11) is 0. The molecule has 2 amide bonds. The van der Waals surface area contributed by atoms with Crippen molar-refractivity contribution < 1.29 is 14.3 Å². The van der Waals surface area contributed by atoms with Crippen LogP contribution in [0.2, 0.25) is 0 Å². The van der Waals surface area contributed by atoms with Crippen molar-refractivity contribution in [1.82, 2.24) is 5.32 Å². The van der Waals surface area contributed by atoms with Gasteiger partial charge in [0.2, 0.25) is 5.91 Å². The average molecular weight is 555 g/mol. The zero-order valence-corrected chi connectivity index (χ0v) is 22.3. The second-order valence-electron chi connectivity index (χ2n) is 8.92. The van der Waals surface area contributed by atoms with Crippen LogP contribution in [-0.4, -0.2) is 23.5 Å². The highest BCUT2D eigenvalue weighted by atomic mass is 79.9. The minimum Gasteiger partial charge on any atom is -0.492 e. The highest BCUT2D eigenvalue weighted by Gasteiger charge is 2.21. The predicted octanol–water partition coefficient (Wildman–Crippen LogP) is 6.18. The monoisotopic (exact) mass is 553 g/mol. The van der Waals surface area contributed by atoms with Crippen LogP contribution in [0.5, 0.6) is 5.75 Å². The van der Waals surface area contributed by atoms with Crippen LogP contribution in [-0.2, 0) is 11.2 Å². The molecule has 0 radical (unpaired) electrons. The number of hydrogen-bond acceptors (Lipinski definition) is 4. The number of anilines is 2. The number of halogens is 1. The fourth-order valence-electron chi connectivity index (χ4n) is 3.01. The molecule has 0 atom stereocenters. The molecule has 0 saturated heterocycles. The fourth-order valence-corrected chi connectivity index (χ4v) is 3.72. The lowest BCUT2D eigenvalue weighted by atomic mass is 9.95. The van der Waals surface area contributed by atoms with E-state index in [0.29, 0.717) is 33.8 Å². The molecule has 3 aromatic carbocycles. The van der Waals surface area contributed by atoms with Gasteiger partial charge in [-0.2, -0.15) is 0 Å². The molecule has 0 fully saturated rings. The van der Waals surface area contributed by atoms with Gasteiger partial charge in [0, 0.05) is 28.8 Å². The van der Waals surface area contributed by atoms with Crippen LogP contribution in [0.3, 0.4) is 0 Å². The molecular formula is C27H28BrN3O3S. The normalized spacial score (nSPS) is 10.9. The first-order valence-corrected chi connectivity index (χ1v) is 12.3. The van der Waals surface area contributed by atoms with Gasteiger partial charge in [-0.25, -0.2) is 0 Å². The zero-order chi connectivity index (χ0) is 25.4. The van der Waals surface area contributed by atoms with Gasteiger partial charge < -0.3 is 15.4 Å². The van der Waals surface area contributed by atoms with E-state index >= 15 is 0 Å². The summed E-state index contributed by atoms with van der Waals surface area (Å²) >= 11 is 8.77. The summed E-state index contributed by atoms with van der Waals surface area (Å²) in [6.45, 7) is 6.06. The second-order valence-corrected chi connectivity index (χ2v) is 10.2. The molecule has 0 aliphatic heterocycles. The van der Waals surface area contributed by atoms with Crippen molar-refractivity contribution in [3.63, 3.8) is 0 Å². The van der Waals surface area contributed by atoms with E-state index in [-0.39, 0.29) is 16.9 Å². The molecule has 0 spiro atoms. The highest BCUT2D eigenvalue weighted by Crippen LogP contribution is 2.26. The second kappa shape index (κ2) is 12.0. The minimum absolute atomic E-state index is 0.0939. The van der Waals surface area contributed by atoms with E-state index in [4.69, 9.17) is 17.0 Å². The van der Waals surface area contributed by atoms with Crippen molar-refractivity contribution >= 4 is 56.4 Å². The van der Waals surface area contributed by atoms with E-state index in [0.717, 1.165) is 6.42 Å². The maximum Gasteiger partial charge on any atom is 0.257 e. The highest BCUT2D eigenvalue weighted by molar-refractivity contribution is 9.10. The molecule has 3 rings (SSSR count). The van der Waals surface area contributed by atoms with Crippen molar-refractivity contribution in [3.8, 4) is 5.75 Å². The Balaban J connectivity index is 1.54. The first-order valence-electron chi connectivity index (χ1n) is 11.1. The lowest BCUT2D eigenvalue weighted by Crippen LogP contribution is -2.34. The first kappa shape index (κ1) is 26.4. The number of rotatable bonds is 7. The summed E-state index contributed by atoms with van der Waals surface area (Å²) in [6.07, 6.45) is 0.788. The van der Waals surface area contributed by atoms with Crippen molar-refractivity contribution in [2.24, 2.45) is 5.41 Å². The summed E-state index contributed by atoms with van der Waals surface area (Å²) in [5, 5.41) is 8.67. The number of carbonyl (C=O) groups is 2. The number of benzene rings is 3.